The molecule has 0 N–H and O–H groups in total. The van der Waals surface area contributed by atoms with Crippen molar-refractivity contribution in [2.24, 2.45) is 0 Å². The maximum absolute atomic E-state index is 0. The molecule has 0 rings (SSSR count). The second-order valence-corrected chi connectivity index (χ2v) is 0. The number of hydrogen-bond acceptors (Lipinski definition) is 0. The zero-order chi connectivity index (χ0) is 0. The summed E-state index contributed by atoms with van der Waals surface area (Å²) in [6.45, 7) is 0. The standard InChI is InChI=1S/Al.8ClH.Fe.H6P/h;8*1H;;1H6/q+3;;;;;;;;;+2;+3/p-8. The van der Waals surface area contributed by atoms with E-state index in [-0.39, 0.29) is 144 Å². The van der Waals surface area contributed by atoms with E-state index in [1.54, 1.807) is 0 Å². The molecule has 11 heteroatoms. The van der Waals surface area contributed by atoms with Crippen LogP contribution in [0.15, 0.2) is 0 Å². The van der Waals surface area contributed by atoms with Crippen molar-refractivity contribution in [2.75, 3.05) is 0 Å². The first-order valence-corrected chi connectivity index (χ1v) is 0. The van der Waals surface area contributed by atoms with E-state index in [1.165, 1.54) is 0 Å². The van der Waals surface area contributed by atoms with E-state index in [0.29, 0.717) is 0 Å². The molecule has 0 amide bonds. The van der Waals surface area contributed by atoms with Gasteiger partial charge in [0.2, 0.25) is 0 Å². The quantitative estimate of drug-likeness (QED) is 0.279. The largest absolute Gasteiger partial charge is 3.00 e. The van der Waals surface area contributed by atoms with E-state index in [0.717, 1.165) is 0 Å². The topological polar surface area (TPSA) is 0 Å². The van der Waals surface area contributed by atoms with Gasteiger partial charge in [0, 0.05) is 0 Å². The van der Waals surface area contributed by atoms with Crippen LogP contribution in [0.2, 0.25) is 0 Å². The molecule has 0 nitrogen and oxygen atoms in total. The fourth-order valence-electron chi connectivity index (χ4n) is 0. The maximum atomic E-state index is 0. The van der Waals surface area contributed by atoms with Gasteiger partial charge in [-0.15, -0.1) is 0 Å². The molecule has 0 unspecified atom stereocenters. The van der Waals surface area contributed by atoms with Crippen molar-refractivity contribution in [1.29, 1.82) is 0 Å². The third-order valence-electron chi connectivity index (χ3n) is 0. The zero-order valence-corrected chi connectivity index (χ0v) is 12.3. The third-order valence-corrected chi connectivity index (χ3v) is 0. The summed E-state index contributed by atoms with van der Waals surface area (Å²) in [5.41, 5.74) is 0. The van der Waals surface area contributed by atoms with Gasteiger partial charge in [0.1, 0.15) is 0 Å². The normalized spacial score (nSPS) is 0. The molecule has 0 aromatic heterocycles. The summed E-state index contributed by atoms with van der Waals surface area (Å²) in [6.07, 6.45) is 0. The monoisotopic (exact) mass is 400 g/mol. The Morgan fingerprint density at radius 2 is 0.364 bits per heavy atom. The van der Waals surface area contributed by atoms with Gasteiger partial charge in [-0.25, -0.2) is 0 Å². The maximum Gasteiger partial charge on any atom is 3.00 e. The Morgan fingerprint density at radius 1 is 0.364 bits per heavy atom. The summed E-state index contributed by atoms with van der Waals surface area (Å²) in [5, 5.41) is 0. The van der Waals surface area contributed by atoms with Crippen LogP contribution in [-0.2, 0) is 17.1 Å². The fourth-order valence-corrected chi connectivity index (χ4v) is 0. The van der Waals surface area contributed by atoms with Crippen LogP contribution in [0.4, 0.5) is 0 Å². The van der Waals surface area contributed by atoms with E-state index >= 15 is 0 Å². The number of rotatable bonds is 0. The first-order chi connectivity index (χ1) is 0. The van der Waals surface area contributed by atoms with Gasteiger partial charge < -0.3 is 99.3 Å². The van der Waals surface area contributed by atoms with Gasteiger partial charge in [-0.1, -0.05) is 0 Å². The molecular formula is H6AlCl8FeP. The van der Waals surface area contributed by atoms with Crippen LogP contribution in [0.3, 0.4) is 0 Å². The predicted octanol–water partition coefficient (Wildman–Crippen LogP) is -25.1. The van der Waals surface area contributed by atoms with Crippen LogP contribution < -0.4 is 99.3 Å². The first kappa shape index (κ1) is 195. The van der Waals surface area contributed by atoms with Crippen LogP contribution in [0.5, 0.6) is 0 Å². The van der Waals surface area contributed by atoms with Gasteiger partial charge in [-0.05, 0) is 0 Å². The molecule has 0 atom stereocenters. The van der Waals surface area contributed by atoms with E-state index in [1.807, 2.05) is 0 Å². The Labute approximate surface area is 142 Å². The van der Waals surface area contributed by atoms with Crippen LogP contribution in [0, 0.1) is 0 Å². The van der Waals surface area contributed by atoms with Crippen molar-refractivity contribution < 1.29 is 116 Å². The van der Waals surface area contributed by atoms with Gasteiger partial charge in [-0.3, -0.25) is 9.90 Å². The minimum Gasteiger partial charge on any atom is -1.00 e. The summed E-state index contributed by atoms with van der Waals surface area (Å²) >= 11 is 0. The van der Waals surface area contributed by atoms with Crippen molar-refractivity contribution in [1.82, 2.24) is 0 Å². The number of hydrogen-bond donors (Lipinski definition) is 0. The fraction of sp³-hybridized carbons (Fsp3) is 0. The molecule has 0 aliphatic rings. The van der Waals surface area contributed by atoms with Crippen LogP contribution in [-0.4, -0.2) is 17.4 Å². The third kappa shape index (κ3) is 133. The zero-order valence-electron chi connectivity index (χ0n) is 3.95. The molecule has 0 spiro atoms. The van der Waals surface area contributed by atoms with Crippen molar-refractivity contribution >= 4 is 27.3 Å². The molecule has 0 saturated carbocycles. The van der Waals surface area contributed by atoms with Crippen LogP contribution in [0.25, 0.3) is 0 Å². The van der Waals surface area contributed by atoms with E-state index in [2.05, 4.69) is 0 Å². The molecule has 0 aliphatic heterocycles. The molecule has 0 radical (unpaired) electrons. The second kappa shape index (κ2) is 156. The minimum atomic E-state index is 0. The molecule has 0 aromatic rings. The molecule has 0 bridgehead atoms. The summed E-state index contributed by atoms with van der Waals surface area (Å²) in [5.74, 6) is 0. The number of halogens is 8. The van der Waals surface area contributed by atoms with E-state index in [9.17, 15) is 0 Å². The summed E-state index contributed by atoms with van der Waals surface area (Å²) < 4.78 is 0. The Hall–Kier alpha value is 3.80. The van der Waals surface area contributed by atoms with Crippen molar-refractivity contribution in [2.45, 2.75) is 0 Å². The Morgan fingerprint density at radius 3 is 0.364 bits per heavy atom. The predicted molar refractivity (Wildman–Crippen MR) is 21.0 cm³/mol. The van der Waals surface area contributed by atoms with Crippen LogP contribution >= 0.6 is 9.90 Å². The van der Waals surface area contributed by atoms with E-state index in [4.69, 9.17) is 0 Å². The Kier molecular flexibility index (Phi) is 2780. The van der Waals surface area contributed by atoms with Crippen molar-refractivity contribution in [3.05, 3.63) is 0 Å². The van der Waals surface area contributed by atoms with Gasteiger partial charge >= 0.3 is 34.4 Å². The van der Waals surface area contributed by atoms with Gasteiger partial charge in [-0.2, -0.15) is 0 Å². The summed E-state index contributed by atoms with van der Waals surface area (Å²) in [4.78, 5) is 0. The Balaban J connectivity index is 0. The summed E-state index contributed by atoms with van der Waals surface area (Å²) in [6, 6.07) is 0. The van der Waals surface area contributed by atoms with Crippen molar-refractivity contribution in [3.63, 3.8) is 0 Å². The Bertz CT molecular complexity index is 14.1. The molecule has 0 aromatic carbocycles. The average molecular weight is 403 g/mol. The molecular weight excluding hydrogens is 397 g/mol. The molecule has 11 heavy (non-hydrogen) atoms. The molecule has 0 aliphatic carbocycles. The minimum absolute atomic E-state index is 0. The smallest absolute Gasteiger partial charge is 1.00 e. The molecule has 0 saturated heterocycles. The summed E-state index contributed by atoms with van der Waals surface area (Å²) in [7, 11) is 0. The van der Waals surface area contributed by atoms with Gasteiger partial charge in [0.25, 0.3) is 0 Å². The first-order valence-electron chi connectivity index (χ1n) is 0. The second-order valence-electron chi connectivity index (χ2n) is 0. The molecule has 0 heterocycles. The molecule has 78 valence electrons. The molecule has 0 fully saturated rings. The van der Waals surface area contributed by atoms with Crippen LogP contribution in [0.1, 0.15) is 0 Å². The van der Waals surface area contributed by atoms with Crippen molar-refractivity contribution in [3.8, 4) is 0 Å². The van der Waals surface area contributed by atoms with Gasteiger partial charge in [0.05, 0.1) is 0 Å². The van der Waals surface area contributed by atoms with E-state index < -0.39 is 0 Å². The van der Waals surface area contributed by atoms with Gasteiger partial charge in [0.15, 0.2) is 0 Å². The average Bonchev–Trinajstić information content (AvgIpc) is 0. The SMILES string of the molecule is [Al+3].[Cl-].[Cl-].[Cl-].[Cl-].[Cl-].[Cl-].[Cl-].[Cl-].[Fe+2].[PH6+3].